The van der Waals surface area contributed by atoms with Gasteiger partial charge in [-0.05, 0) is 36.2 Å². The normalized spacial score (nSPS) is 10.9. The minimum Gasteiger partial charge on any atom is -0.325 e. The monoisotopic (exact) mass is 342 g/mol. The predicted molar refractivity (Wildman–Crippen MR) is 90.4 cm³/mol. The smallest absolute Gasteiger partial charge is 0.238 e. The van der Waals surface area contributed by atoms with E-state index in [1.807, 2.05) is 18.4 Å². The molecule has 2 rings (SSSR count). The van der Waals surface area contributed by atoms with Gasteiger partial charge in [0.25, 0.3) is 0 Å². The van der Waals surface area contributed by atoms with Crippen molar-refractivity contribution in [2.45, 2.75) is 13.5 Å². The molecule has 0 aliphatic carbocycles. The molecule has 0 bridgehead atoms. The van der Waals surface area contributed by atoms with E-state index in [2.05, 4.69) is 16.3 Å². The van der Waals surface area contributed by atoms with E-state index in [9.17, 15) is 4.79 Å². The van der Waals surface area contributed by atoms with Crippen molar-refractivity contribution in [2.75, 3.05) is 18.4 Å². The van der Waals surface area contributed by atoms with Crippen LogP contribution >= 0.6 is 34.5 Å². The van der Waals surface area contributed by atoms with Crippen molar-refractivity contribution in [3.63, 3.8) is 0 Å². The van der Waals surface area contributed by atoms with Crippen molar-refractivity contribution in [1.29, 1.82) is 0 Å². The van der Waals surface area contributed by atoms with Crippen LogP contribution in [0.5, 0.6) is 0 Å². The topological polar surface area (TPSA) is 32.3 Å². The van der Waals surface area contributed by atoms with Crippen LogP contribution in [0.4, 0.5) is 5.69 Å². The van der Waals surface area contributed by atoms with E-state index in [0.717, 1.165) is 13.1 Å². The summed E-state index contributed by atoms with van der Waals surface area (Å²) in [6, 6.07) is 9.08. The lowest BCUT2D eigenvalue weighted by molar-refractivity contribution is -0.117. The summed E-state index contributed by atoms with van der Waals surface area (Å²) in [5.74, 6) is -0.0771. The van der Waals surface area contributed by atoms with Gasteiger partial charge in [-0.15, -0.1) is 11.3 Å². The van der Waals surface area contributed by atoms with E-state index in [1.54, 1.807) is 29.5 Å². The zero-order valence-electron chi connectivity index (χ0n) is 11.6. The predicted octanol–water partition coefficient (Wildman–Crippen LogP) is 4.52. The third-order valence-electron chi connectivity index (χ3n) is 2.92. The van der Waals surface area contributed by atoms with Gasteiger partial charge in [-0.1, -0.05) is 36.2 Å². The summed E-state index contributed by atoms with van der Waals surface area (Å²) < 4.78 is 0. The molecule has 0 spiro atoms. The van der Waals surface area contributed by atoms with Gasteiger partial charge in [-0.3, -0.25) is 9.69 Å². The Kier molecular flexibility index (Phi) is 6.06. The molecule has 3 nitrogen and oxygen atoms in total. The number of halogens is 2. The van der Waals surface area contributed by atoms with E-state index in [1.165, 1.54) is 4.88 Å². The molecule has 2 aromatic rings. The molecule has 1 aromatic heterocycles. The second-order valence-corrected chi connectivity index (χ2v) is 6.49. The summed E-state index contributed by atoms with van der Waals surface area (Å²) in [5, 5.41) is 5.87. The Morgan fingerprint density at radius 2 is 2.00 bits per heavy atom. The minimum atomic E-state index is -0.0771. The molecule has 1 aromatic carbocycles. The molecule has 0 fully saturated rings. The standard InChI is InChI=1S/C15H16Cl2N2OS/c1-2-19(9-14-4-3-5-21-14)10-15(20)18-13-7-11(16)6-12(17)8-13/h3-8H,2,9-10H2,1H3,(H,18,20). The van der Waals surface area contributed by atoms with Crippen molar-refractivity contribution in [2.24, 2.45) is 0 Å². The van der Waals surface area contributed by atoms with Gasteiger partial charge in [0, 0.05) is 27.2 Å². The van der Waals surface area contributed by atoms with Crippen LogP contribution in [0.2, 0.25) is 10.0 Å². The quantitative estimate of drug-likeness (QED) is 0.837. The van der Waals surface area contributed by atoms with Crippen LogP contribution in [0.15, 0.2) is 35.7 Å². The Morgan fingerprint density at radius 1 is 1.29 bits per heavy atom. The molecule has 0 saturated carbocycles. The second-order valence-electron chi connectivity index (χ2n) is 4.59. The lowest BCUT2D eigenvalue weighted by atomic mass is 10.3. The van der Waals surface area contributed by atoms with E-state index in [-0.39, 0.29) is 5.91 Å². The van der Waals surface area contributed by atoms with Gasteiger partial charge in [0.1, 0.15) is 0 Å². The molecule has 0 aliphatic rings. The molecule has 112 valence electrons. The van der Waals surface area contributed by atoms with E-state index in [0.29, 0.717) is 22.3 Å². The van der Waals surface area contributed by atoms with E-state index < -0.39 is 0 Å². The first-order chi connectivity index (χ1) is 10.1. The van der Waals surface area contributed by atoms with Crippen LogP contribution in [-0.2, 0) is 11.3 Å². The molecule has 1 N–H and O–H groups in total. The molecular weight excluding hydrogens is 327 g/mol. The summed E-state index contributed by atoms with van der Waals surface area (Å²) in [5.41, 5.74) is 0.615. The number of hydrogen-bond donors (Lipinski definition) is 1. The second kappa shape index (κ2) is 7.80. The van der Waals surface area contributed by atoms with Crippen molar-refractivity contribution in [3.05, 3.63) is 50.6 Å². The van der Waals surface area contributed by atoms with Crippen molar-refractivity contribution < 1.29 is 4.79 Å². The van der Waals surface area contributed by atoms with Crippen LogP contribution < -0.4 is 5.32 Å². The first-order valence-electron chi connectivity index (χ1n) is 6.57. The van der Waals surface area contributed by atoms with Gasteiger partial charge in [0.2, 0.25) is 5.91 Å². The lowest BCUT2D eigenvalue weighted by Gasteiger charge is -2.19. The summed E-state index contributed by atoms with van der Waals surface area (Å²) >= 11 is 13.5. The third-order valence-corrected chi connectivity index (χ3v) is 4.22. The van der Waals surface area contributed by atoms with Crippen molar-refractivity contribution in [3.8, 4) is 0 Å². The highest BCUT2D eigenvalue weighted by Gasteiger charge is 2.11. The number of thiophene rings is 1. The largest absolute Gasteiger partial charge is 0.325 e. The molecule has 0 unspecified atom stereocenters. The van der Waals surface area contributed by atoms with Gasteiger partial charge in [-0.25, -0.2) is 0 Å². The highest BCUT2D eigenvalue weighted by atomic mass is 35.5. The van der Waals surface area contributed by atoms with Gasteiger partial charge >= 0.3 is 0 Å². The first kappa shape index (κ1) is 16.3. The van der Waals surface area contributed by atoms with Gasteiger partial charge in [0.15, 0.2) is 0 Å². The average molecular weight is 343 g/mol. The number of carbonyl (C=O) groups excluding carboxylic acids is 1. The zero-order valence-corrected chi connectivity index (χ0v) is 13.9. The number of nitrogens with zero attached hydrogens (tertiary/aromatic N) is 1. The summed E-state index contributed by atoms with van der Waals surface area (Å²) in [6.07, 6.45) is 0. The number of rotatable bonds is 6. The Balaban J connectivity index is 1.93. The van der Waals surface area contributed by atoms with Crippen LogP contribution in [0, 0.1) is 0 Å². The number of nitrogens with one attached hydrogen (secondary N) is 1. The fourth-order valence-corrected chi connectivity index (χ4v) is 3.20. The molecule has 0 atom stereocenters. The van der Waals surface area contributed by atoms with Crippen LogP contribution in [-0.4, -0.2) is 23.9 Å². The SMILES string of the molecule is CCN(CC(=O)Nc1cc(Cl)cc(Cl)c1)Cc1cccs1. The number of carbonyl (C=O) groups is 1. The maximum Gasteiger partial charge on any atom is 0.238 e. The summed E-state index contributed by atoms with van der Waals surface area (Å²) in [6.45, 7) is 3.95. The molecular formula is C15H16Cl2N2OS. The lowest BCUT2D eigenvalue weighted by Crippen LogP contribution is -2.32. The van der Waals surface area contributed by atoms with Gasteiger partial charge in [0.05, 0.1) is 6.54 Å². The number of amides is 1. The summed E-state index contributed by atoms with van der Waals surface area (Å²) in [7, 11) is 0. The Bertz CT molecular complexity index is 581. The van der Waals surface area contributed by atoms with Gasteiger partial charge in [-0.2, -0.15) is 0 Å². The van der Waals surface area contributed by atoms with Crippen molar-refractivity contribution >= 4 is 46.1 Å². The number of hydrogen-bond acceptors (Lipinski definition) is 3. The Labute approximate surface area is 138 Å². The number of anilines is 1. The average Bonchev–Trinajstić information content (AvgIpc) is 2.89. The molecule has 0 aliphatic heterocycles. The van der Waals surface area contributed by atoms with Crippen LogP contribution in [0.3, 0.4) is 0 Å². The maximum atomic E-state index is 12.1. The number of benzene rings is 1. The first-order valence-corrected chi connectivity index (χ1v) is 8.21. The molecule has 21 heavy (non-hydrogen) atoms. The zero-order chi connectivity index (χ0) is 15.2. The Hall–Kier alpha value is -1.07. The van der Waals surface area contributed by atoms with Crippen LogP contribution in [0.1, 0.15) is 11.8 Å². The van der Waals surface area contributed by atoms with E-state index in [4.69, 9.17) is 23.2 Å². The fourth-order valence-electron chi connectivity index (χ4n) is 1.93. The van der Waals surface area contributed by atoms with Gasteiger partial charge < -0.3 is 5.32 Å². The molecule has 0 radical (unpaired) electrons. The molecule has 1 amide bonds. The fraction of sp³-hybridized carbons (Fsp3) is 0.267. The maximum absolute atomic E-state index is 12.1. The molecule has 6 heteroatoms. The van der Waals surface area contributed by atoms with Crippen molar-refractivity contribution in [1.82, 2.24) is 4.90 Å². The number of likely N-dealkylation sites (N-methyl/N-ethyl adjacent to an activating group) is 1. The molecule has 1 heterocycles. The Morgan fingerprint density at radius 3 is 2.57 bits per heavy atom. The van der Waals surface area contributed by atoms with E-state index >= 15 is 0 Å². The van der Waals surface area contributed by atoms with Crippen LogP contribution in [0.25, 0.3) is 0 Å². The minimum absolute atomic E-state index is 0.0771. The third kappa shape index (κ3) is 5.32. The molecule has 0 saturated heterocycles. The highest BCUT2D eigenvalue weighted by molar-refractivity contribution is 7.09. The highest BCUT2D eigenvalue weighted by Crippen LogP contribution is 2.22. The summed E-state index contributed by atoms with van der Waals surface area (Å²) in [4.78, 5) is 15.4.